The topological polar surface area (TPSA) is 31.5 Å². The van der Waals surface area contributed by atoms with Gasteiger partial charge in [-0.3, -0.25) is 0 Å². The molecule has 0 spiro atoms. The van der Waals surface area contributed by atoms with Crippen molar-refractivity contribution in [3.05, 3.63) is 0 Å². The van der Waals surface area contributed by atoms with Crippen molar-refractivity contribution in [2.45, 2.75) is 131 Å². The Balaban J connectivity index is 0.00000300. The van der Waals surface area contributed by atoms with E-state index in [2.05, 4.69) is 41.5 Å². The Morgan fingerprint density at radius 3 is 2.14 bits per heavy atom. The number of hydrogen-bond acceptors (Lipinski definition) is 0. The standard InChI is InChI=1S/C28H52.H2O/c1-7-12-23-25(27(5)18-9-8-10-19-27)17-20-28(6)24(15-16-26(23)28)22(4)14-11-13-21(2)3;/h21-26H,7-20H2,1-6H3;1H2. The van der Waals surface area contributed by atoms with Crippen molar-refractivity contribution in [1.29, 1.82) is 0 Å². The van der Waals surface area contributed by atoms with Crippen molar-refractivity contribution in [2.24, 2.45) is 46.3 Å². The zero-order chi connectivity index (χ0) is 20.4. The van der Waals surface area contributed by atoms with Gasteiger partial charge < -0.3 is 5.48 Å². The maximum absolute atomic E-state index is 2.75. The van der Waals surface area contributed by atoms with Crippen LogP contribution in [0, 0.1) is 46.3 Å². The van der Waals surface area contributed by atoms with Gasteiger partial charge in [-0.2, -0.15) is 0 Å². The summed E-state index contributed by atoms with van der Waals surface area (Å²) in [6.07, 6.45) is 21.0. The van der Waals surface area contributed by atoms with E-state index in [1.807, 2.05) is 0 Å². The highest BCUT2D eigenvalue weighted by Gasteiger charge is 2.56. The fraction of sp³-hybridized carbons (Fsp3) is 1.00. The average Bonchev–Trinajstić information content (AvgIpc) is 3.00. The van der Waals surface area contributed by atoms with E-state index in [9.17, 15) is 0 Å². The molecule has 3 fully saturated rings. The molecule has 1 nitrogen and oxygen atoms in total. The van der Waals surface area contributed by atoms with E-state index in [1.165, 1.54) is 77.0 Å². The monoisotopic (exact) mass is 406 g/mol. The molecule has 2 N–H and O–H groups in total. The average molecular weight is 407 g/mol. The molecule has 0 aromatic carbocycles. The molecule has 0 bridgehead atoms. The first-order valence-corrected chi connectivity index (χ1v) is 13.3. The van der Waals surface area contributed by atoms with Crippen molar-refractivity contribution in [2.75, 3.05) is 0 Å². The molecule has 29 heavy (non-hydrogen) atoms. The fourth-order valence-corrected chi connectivity index (χ4v) is 8.64. The van der Waals surface area contributed by atoms with Gasteiger partial charge in [0, 0.05) is 0 Å². The molecule has 3 rings (SSSR count). The van der Waals surface area contributed by atoms with E-state index in [0.29, 0.717) is 10.8 Å². The number of fused-ring (bicyclic) bond motifs is 1. The van der Waals surface area contributed by atoms with E-state index >= 15 is 0 Å². The third-order valence-corrected chi connectivity index (χ3v) is 10.2. The molecule has 172 valence electrons. The Morgan fingerprint density at radius 1 is 0.828 bits per heavy atom. The highest BCUT2D eigenvalue weighted by molar-refractivity contribution is 5.06. The van der Waals surface area contributed by atoms with E-state index < -0.39 is 0 Å². The van der Waals surface area contributed by atoms with Crippen molar-refractivity contribution < 1.29 is 5.48 Å². The van der Waals surface area contributed by atoms with E-state index in [0.717, 1.165) is 35.5 Å². The lowest BCUT2D eigenvalue weighted by Gasteiger charge is -2.55. The molecule has 0 aromatic heterocycles. The molecule has 3 aliphatic carbocycles. The van der Waals surface area contributed by atoms with Crippen LogP contribution in [-0.2, 0) is 0 Å². The second kappa shape index (κ2) is 10.5. The predicted molar refractivity (Wildman–Crippen MR) is 128 cm³/mol. The fourth-order valence-electron chi connectivity index (χ4n) is 8.64. The minimum atomic E-state index is 0. The molecule has 0 aliphatic heterocycles. The van der Waals surface area contributed by atoms with Gasteiger partial charge in [0.25, 0.3) is 0 Å². The second-order valence-corrected chi connectivity index (χ2v) is 12.4. The van der Waals surface area contributed by atoms with Crippen LogP contribution in [0.15, 0.2) is 0 Å². The van der Waals surface area contributed by atoms with Gasteiger partial charge in [-0.05, 0) is 84.9 Å². The highest BCUT2D eigenvalue weighted by Crippen LogP contribution is 2.65. The molecule has 0 radical (unpaired) electrons. The molecule has 0 saturated heterocycles. The minimum absolute atomic E-state index is 0. The van der Waals surface area contributed by atoms with E-state index in [4.69, 9.17) is 0 Å². The van der Waals surface area contributed by atoms with Crippen LogP contribution < -0.4 is 0 Å². The molecular weight excluding hydrogens is 352 g/mol. The summed E-state index contributed by atoms with van der Waals surface area (Å²) in [5, 5.41) is 0. The maximum Gasteiger partial charge on any atom is -0.0264 e. The van der Waals surface area contributed by atoms with Crippen LogP contribution in [0.2, 0.25) is 0 Å². The summed E-state index contributed by atoms with van der Waals surface area (Å²) >= 11 is 0. The van der Waals surface area contributed by atoms with Gasteiger partial charge in [0.05, 0.1) is 0 Å². The first-order valence-electron chi connectivity index (χ1n) is 13.3. The van der Waals surface area contributed by atoms with Gasteiger partial charge in [0.15, 0.2) is 0 Å². The lowest BCUT2D eigenvalue weighted by Crippen LogP contribution is -2.47. The highest BCUT2D eigenvalue weighted by atomic mass is 16.0. The summed E-state index contributed by atoms with van der Waals surface area (Å²) in [4.78, 5) is 0. The first-order chi connectivity index (χ1) is 13.3. The minimum Gasteiger partial charge on any atom is -0.412 e. The number of rotatable bonds is 8. The summed E-state index contributed by atoms with van der Waals surface area (Å²) in [7, 11) is 0. The SMILES string of the molecule is CCCC1C(C2(C)CCCCC2)CCC2(C)C(C(C)CCCC(C)C)CCC12.O. The maximum atomic E-state index is 2.75. The van der Waals surface area contributed by atoms with Crippen LogP contribution in [0.5, 0.6) is 0 Å². The summed E-state index contributed by atoms with van der Waals surface area (Å²) in [5.74, 6) is 5.91. The lowest BCUT2D eigenvalue weighted by atomic mass is 9.49. The molecule has 3 aliphatic rings. The first kappa shape index (κ1) is 25.2. The van der Waals surface area contributed by atoms with E-state index in [1.54, 1.807) is 12.8 Å². The second-order valence-electron chi connectivity index (χ2n) is 12.4. The van der Waals surface area contributed by atoms with Crippen LogP contribution in [0.4, 0.5) is 0 Å². The lowest BCUT2D eigenvalue weighted by molar-refractivity contribution is -0.0626. The van der Waals surface area contributed by atoms with Gasteiger partial charge in [-0.15, -0.1) is 0 Å². The largest absolute Gasteiger partial charge is 0.412 e. The molecule has 6 atom stereocenters. The normalized spacial score (nSPS) is 37.8. The van der Waals surface area contributed by atoms with Crippen LogP contribution in [-0.4, -0.2) is 5.48 Å². The van der Waals surface area contributed by atoms with Crippen LogP contribution >= 0.6 is 0 Å². The van der Waals surface area contributed by atoms with Crippen LogP contribution in [0.1, 0.15) is 131 Å². The molecule has 6 unspecified atom stereocenters. The summed E-state index contributed by atoms with van der Waals surface area (Å²) < 4.78 is 0. The molecule has 1 heteroatoms. The quantitative estimate of drug-likeness (QED) is 0.387. The van der Waals surface area contributed by atoms with Crippen LogP contribution in [0.3, 0.4) is 0 Å². The summed E-state index contributed by atoms with van der Waals surface area (Å²) in [6, 6.07) is 0. The molecule has 0 heterocycles. The third kappa shape index (κ3) is 5.24. The Bertz CT molecular complexity index is 477. The zero-order valence-electron chi connectivity index (χ0n) is 20.9. The predicted octanol–water partition coefficient (Wildman–Crippen LogP) is 8.45. The molecule has 0 aromatic rings. The van der Waals surface area contributed by atoms with Crippen LogP contribution in [0.25, 0.3) is 0 Å². The van der Waals surface area contributed by atoms with Crippen molar-refractivity contribution >= 4 is 0 Å². The molecular formula is C28H54O. The van der Waals surface area contributed by atoms with Gasteiger partial charge in [-0.25, -0.2) is 0 Å². The summed E-state index contributed by atoms with van der Waals surface area (Å²) in [5.41, 5.74) is 1.32. The van der Waals surface area contributed by atoms with Crippen molar-refractivity contribution in [3.8, 4) is 0 Å². The van der Waals surface area contributed by atoms with Gasteiger partial charge in [0.2, 0.25) is 0 Å². The van der Waals surface area contributed by atoms with Gasteiger partial charge in [0.1, 0.15) is 0 Å². The van der Waals surface area contributed by atoms with E-state index in [-0.39, 0.29) is 5.48 Å². The number of hydrogen-bond donors (Lipinski definition) is 0. The van der Waals surface area contributed by atoms with Gasteiger partial charge >= 0.3 is 0 Å². The Labute approximate surface area is 183 Å². The Hall–Kier alpha value is -0.0400. The van der Waals surface area contributed by atoms with Crippen molar-refractivity contribution in [1.82, 2.24) is 0 Å². The zero-order valence-corrected chi connectivity index (χ0v) is 20.9. The summed E-state index contributed by atoms with van der Waals surface area (Å²) in [6.45, 7) is 15.3. The third-order valence-electron chi connectivity index (χ3n) is 10.2. The molecule has 0 amide bonds. The Kier molecular flexibility index (Phi) is 9.15. The molecule has 3 saturated carbocycles. The Morgan fingerprint density at radius 2 is 1.52 bits per heavy atom. The smallest absolute Gasteiger partial charge is 0.0264 e. The van der Waals surface area contributed by atoms with Crippen molar-refractivity contribution in [3.63, 3.8) is 0 Å². The van der Waals surface area contributed by atoms with Gasteiger partial charge in [-0.1, -0.05) is 92.9 Å².